The zero-order chi connectivity index (χ0) is 19.0. The van der Waals surface area contributed by atoms with Crippen molar-refractivity contribution in [3.05, 3.63) is 29.8 Å². The van der Waals surface area contributed by atoms with Gasteiger partial charge in [0, 0.05) is 13.1 Å². The van der Waals surface area contributed by atoms with E-state index in [9.17, 15) is 5.11 Å². The standard InChI is InChI=1S/C21H38N2O3/c1-2-3-4-7-14-23(17-20(25)18-24)15-16-26-21-11-9-19(10-12-21)8-5-6-13-22/h9-12,20,24-25H,2-8,13-18,22H2,1H3/t20-/m0/s1. The van der Waals surface area contributed by atoms with Crippen LogP contribution in [0.25, 0.3) is 0 Å². The monoisotopic (exact) mass is 366 g/mol. The van der Waals surface area contributed by atoms with Crippen LogP contribution in [0.15, 0.2) is 24.3 Å². The van der Waals surface area contributed by atoms with E-state index < -0.39 is 6.10 Å². The fourth-order valence-electron chi connectivity index (χ4n) is 2.93. The van der Waals surface area contributed by atoms with Gasteiger partial charge in [0.25, 0.3) is 0 Å². The van der Waals surface area contributed by atoms with Gasteiger partial charge in [-0.25, -0.2) is 0 Å². The van der Waals surface area contributed by atoms with Crippen molar-refractivity contribution in [3.8, 4) is 5.75 Å². The minimum absolute atomic E-state index is 0.196. The maximum atomic E-state index is 9.73. The van der Waals surface area contributed by atoms with Gasteiger partial charge < -0.3 is 20.7 Å². The molecule has 1 rings (SSSR count). The number of unbranched alkanes of at least 4 members (excludes halogenated alkanes) is 4. The van der Waals surface area contributed by atoms with Crippen molar-refractivity contribution in [1.82, 2.24) is 4.90 Å². The Morgan fingerprint density at radius 2 is 1.81 bits per heavy atom. The minimum atomic E-state index is -0.686. The predicted octanol–water partition coefficient (Wildman–Crippen LogP) is 2.58. The predicted molar refractivity (Wildman–Crippen MR) is 108 cm³/mol. The van der Waals surface area contributed by atoms with Crippen LogP contribution in [-0.4, -0.2) is 60.6 Å². The van der Waals surface area contributed by atoms with Crippen molar-refractivity contribution in [1.29, 1.82) is 0 Å². The molecule has 0 radical (unpaired) electrons. The lowest BCUT2D eigenvalue weighted by Gasteiger charge is -2.24. The summed E-state index contributed by atoms with van der Waals surface area (Å²) in [6.07, 6.45) is 7.33. The molecule has 5 heteroatoms. The molecule has 0 aliphatic rings. The number of nitrogens with zero attached hydrogens (tertiary/aromatic N) is 1. The number of nitrogens with two attached hydrogens (primary N) is 1. The number of aryl methyl sites for hydroxylation is 1. The molecule has 0 fully saturated rings. The number of aliphatic hydroxyl groups excluding tert-OH is 2. The third-order valence-corrected chi connectivity index (χ3v) is 4.53. The molecule has 0 aromatic heterocycles. The summed E-state index contributed by atoms with van der Waals surface area (Å²) in [6, 6.07) is 8.27. The molecule has 0 heterocycles. The summed E-state index contributed by atoms with van der Waals surface area (Å²) in [5, 5.41) is 18.8. The molecule has 150 valence electrons. The fourth-order valence-corrected chi connectivity index (χ4v) is 2.93. The maximum Gasteiger partial charge on any atom is 0.119 e. The second kappa shape index (κ2) is 15.0. The molecular weight excluding hydrogens is 328 g/mol. The van der Waals surface area contributed by atoms with E-state index in [1.54, 1.807) is 0 Å². The normalized spacial score (nSPS) is 12.5. The quantitative estimate of drug-likeness (QED) is 0.392. The average Bonchev–Trinajstić information content (AvgIpc) is 2.66. The van der Waals surface area contributed by atoms with Crippen LogP contribution in [-0.2, 0) is 6.42 Å². The van der Waals surface area contributed by atoms with Crippen molar-refractivity contribution in [2.24, 2.45) is 5.73 Å². The van der Waals surface area contributed by atoms with E-state index in [1.165, 1.54) is 24.8 Å². The van der Waals surface area contributed by atoms with Gasteiger partial charge in [-0.2, -0.15) is 0 Å². The van der Waals surface area contributed by atoms with Crippen LogP contribution in [0.1, 0.15) is 51.0 Å². The van der Waals surface area contributed by atoms with Crippen molar-refractivity contribution in [2.45, 2.75) is 58.0 Å². The molecule has 0 aliphatic carbocycles. The molecular formula is C21H38N2O3. The van der Waals surface area contributed by atoms with Gasteiger partial charge in [-0.1, -0.05) is 38.3 Å². The van der Waals surface area contributed by atoms with E-state index in [2.05, 4.69) is 24.0 Å². The Bertz CT molecular complexity index is 439. The highest BCUT2D eigenvalue weighted by Crippen LogP contribution is 2.14. The summed E-state index contributed by atoms with van der Waals surface area (Å²) in [5.74, 6) is 0.876. The molecule has 1 aromatic carbocycles. The zero-order valence-electron chi connectivity index (χ0n) is 16.4. The Kier molecular flexibility index (Phi) is 13.2. The molecule has 1 aromatic rings. The number of ether oxygens (including phenoxy) is 1. The van der Waals surface area contributed by atoms with Gasteiger partial charge in [0.2, 0.25) is 0 Å². The summed E-state index contributed by atoms with van der Waals surface area (Å²) < 4.78 is 5.85. The second-order valence-electron chi connectivity index (χ2n) is 6.94. The van der Waals surface area contributed by atoms with E-state index in [-0.39, 0.29) is 6.61 Å². The van der Waals surface area contributed by atoms with Crippen molar-refractivity contribution in [3.63, 3.8) is 0 Å². The van der Waals surface area contributed by atoms with Crippen molar-refractivity contribution >= 4 is 0 Å². The van der Waals surface area contributed by atoms with Gasteiger partial charge in [0.1, 0.15) is 12.4 Å². The van der Waals surface area contributed by atoms with Gasteiger partial charge in [-0.15, -0.1) is 0 Å². The van der Waals surface area contributed by atoms with Crippen LogP contribution in [0.5, 0.6) is 5.75 Å². The SMILES string of the molecule is CCCCCCN(CCOc1ccc(CCCCN)cc1)C[C@H](O)CO. The first kappa shape index (κ1) is 22.9. The minimum Gasteiger partial charge on any atom is -0.492 e. The first-order valence-corrected chi connectivity index (χ1v) is 10.1. The maximum absolute atomic E-state index is 9.73. The molecule has 0 amide bonds. The Hall–Kier alpha value is -1.14. The number of hydrogen-bond donors (Lipinski definition) is 3. The van der Waals surface area contributed by atoms with Crippen LogP contribution in [0, 0.1) is 0 Å². The molecule has 26 heavy (non-hydrogen) atoms. The molecule has 0 saturated carbocycles. The van der Waals surface area contributed by atoms with E-state index in [1.807, 2.05) is 12.1 Å². The largest absolute Gasteiger partial charge is 0.492 e. The van der Waals surface area contributed by atoms with Gasteiger partial charge in [-0.05, 0) is 56.5 Å². The highest BCUT2D eigenvalue weighted by atomic mass is 16.5. The first-order chi connectivity index (χ1) is 12.7. The average molecular weight is 367 g/mol. The Balaban J connectivity index is 2.34. The third kappa shape index (κ3) is 10.8. The fraction of sp³-hybridized carbons (Fsp3) is 0.714. The first-order valence-electron chi connectivity index (χ1n) is 10.1. The van der Waals surface area contributed by atoms with Gasteiger partial charge in [-0.3, -0.25) is 4.90 Å². The van der Waals surface area contributed by atoms with E-state index >= 15 is 0 Å². The van der Waals surface area contributed by atoms with Crippen LogP contribution < -0.4 is 10.5 Å². The van der Waals surface area contributed by atoms with Crippen molar-refractivity contribution < 1.29 is 14.9 Å². The van der Waals surface area contributed by atoms with Crippen LogP contribution >= 0.6 is 0 Å². The summed E-state index contributed by atoms with van der Waals surface area (Å²) >= 11 is 0. The lowest BCUT2D eigenvalue weighted by atomic mass is 10.1. The Morgan fingerprint density at radius 1 is 1.04 bits per heavy atom. The number of rotatable bonds is 16. The van der Waals surface area contributed by atoms with Gasteiger partial charge in [0.05, 0.1) is 12.7 Å². The molecule has 0 unspecified atom stereocenters. The molecule has 0 spiro atoms. The smallest absolute Gasteiger partial charge is 0.119 e. The van der Waals surface area contributed by atoms with Crippen LogP contribution in [0.2, 0.25) is 0 Å². The lowest BCUT2D eigenvalue weighted by Crippen LogP contribution is -2.37. The molecule has 4 N–H and O–H groups in total. The topological polar surface area (TPSA) is 79.0 Å². The highest BCUT2D eigenvalue weighted by molar-refractivity contribution is 5.27. The highest BCUT2D eigenvalue weighted by Gasteiger charge is 2.11. The molecule has 0 aliphatic heterocycles. The molecule has 0 bridgehead atoms. The molecule has 5 nitrogen and oxygen atoms in total. The summed E-state index contributed by atoms with van der Waals surface area (Å²) in [4.78, 5) is 2.18. The Labute approximate surface area is 159 Å². The van der Waals surface area contributed by atoms with Gasteiger partial charge >= 0.3 is 0 Å². The van der Waals surface area contributed by atoms with Crippen molar-refractivity contribution in [2.75, 3.05) is 39.4 Å². The van der Waals surface area contributed by atoms with Gasteiger partial charge in [0.15, 0.2) is 0 Å². The number of aliphatic hydroxyl groups is 2. The van der Waals surface area contributed by atoms with Crippen LogP contribution in [0.3, 0.4) is 0 Å². The second-order valence-corrected chi connectivity index (χ2v) is 6.94. The summed E-state index contributed by atoms with van der Waals surface area (Å²) in [6.45, 7) is 5.51. The van der Waals surface area contributed by atoms with Crippen LogP contribution in [0.4, 0.5) is 0 Å². The molecule has 1 atom stereocenters. The lowest BCUT2D eigenvalue weighted by molar-refractivity contribution is 0.0542. The molecule has 0 saturated heterocycles. The third-order valence-electron chi connectivity index (χ3n) is 4.53. The number of benzene rings is 1. The zero-order valence-corrected chi connectivity index (χ0v) is 16.4. The van der Waals surface area contributed by atoms with E-state index in [4.69, 9.17) is 15.6 Å². The van der Waals surface area contributed by atoms with E-state index in [0.29, 0.717) is 13.2 Å². The van der Waals surface area contributed by atoms with E-state index in [0.717, 1.165) is 51.1 Å². The Morgan fingerprint density at radius 3 is 2.46 bits per heavy atom. The summed E-state index contributed by atoms with van der Waals surface area (Å²) in [5.41, 5.74) is 6.84. The summed E-state index contributed by atoms with van der Waals surface area (Å²) in [7, 11) is 0. The number of hydrogen-bond acceptors (Lipinski definition) is 5.